The summed E-state index contributed by atoms with van der Waals surface area (Å²) in [5.41, 5.74) is 4.37. The zero-order chi connectivity index (χ0) is 14.1. The molecular weight excluding hydrogens is 270 g/mol. The standard InChI is InChI=1S/C16H16ClN3/c1-3-20-15-9-4-11(2)10-14(15)19-16(20)18-13-7-5-12(17)6-8-13/h4-10H,3H2,1-2H3,(H,18,19). The number of aryl methyl sites for hydroxylation is 2. The van der Waals surface area contributed by atoms with Crippen molar-refractivity contribution in [3.8, 4) is 0 Å². The number of nitrogens with zero attached hydrogens (tertiary/aromatic N) is 2. The number of rotatable bonds is 3. The van der Waals surface area contributed by atoms with Crippen molar-refractivity contribution in [1.29, 1.82) is 0 Å². The van der Waals surface area contributed by atoms with E-state index in [2.05, 4.69) is 46.9 Å². The van der Waals surface area contributed by atoms with E-state index in [0.717, 1.165) is 34.2 Å². The van der Waals surface area contributed by atoms with Gasteiger partial charge in [-0.1, -0.05) is 17.7 Å². The molecule has 0 saturated heterocycles. The Labute approximate surface area is 123 Å². The van der Waals surface area contributed by atoms with E-state index < -0.39 is 0 Å². The van der Waals surface area contributed by atoms with E-state index >= 15 is 0 Å². The monoisotopic (exact) mass is 285 g/mol. The summed E-state index contributed by atoms with van der Waals surface area (Å²) in [6.07, 6.45) is 0. The van der Waals surface area contributed by atoms with Crippen molar-refractivity contribution in [3.63, 3.8) is 0 Å². The molecule has 1 heterocycles. The van der Waals surface area contributed by atoms with E-state index in [1.165, 1.54) is 5.56 Å². The maximum atomic E-state index is 5.91. The fourth-order valence-electron chi connectivity index (χ4n) is 2.32. The highest BCUT2D eigenvalue weighted by Gasteiger charge is 2.09. The third-order valence-corrected chi connectivity index (χ3v) is 3.57. The average molecular weight is 286 g/mol. The third kappa shape index (κ3) is 2.37. The maximum Gasteiger partial charge on any atom is 0.208 e. The number of halogens is 1. The van der Waals surface area contributed by atoms with Crippen LogP contribution in [0, 0.1) is 6.92 Å². The minimum absolute atomic E-state index is 0.732. The minimum Gasteiger partial charge on any atom is -0.326 e. The first kappa shape index (κ1) is 13.0. The lowest BCUT2D eigenvalue weighted by atomic mass is 10.2. The molecule has 0 unspecified atom stereocenters. The van der Waals surface area contributed by atoms with Gasteiger partial charge < -0.3 is 9.88 Å². The van der Waals surface area contributed by atoms with E-state index in [0.29, 0.717) is 0 Å². The number of fused-ring (bicyclic) bond motifs is 1. The summed E-state index contributed by atoms with van der Waals surface area (Å²) in [4.78, 5) is 4.68. The maximum absolute atomic E-state index is 5.91. The zero-order valence-electron chi connectivity index (χ0n) is 11.5. The summed E-state index contributed by atoms with van der Waals surface area (Å²) in [7, 11) is 0. The molecule has 0 aliphatic carbocycles. The van der Waals surface area contributed by atoms with Crippen molar-refractivity contribution in [3.05, 3.63) is 53.1 Å². The van der Waals surface area contributed by atoms with Gasteiger partial charge in [-0.15, -0.1) is 0 Å². The predicted molar refractivity (Wildman–Crippen MR) is 84.9 cm³/mol. The van der Waals surface area contributed by atoms with Gasteiger partial charge in [0, 0.05) is 17.3 Å². The third-order valence-electron chi connectivity index (χ3n) is 3.32. The second-order valence-electron chi connectivity index (χ2n) is 4.80. The normalized spacial score (nSPS) is 10.9. The second kappa shape index (κ2) is 5.17. The zero-order valence-corrected chi connectivity index (χ0v) is 12.3. The highest BCUT2D eigenvalue weighted by molar-refractivity contribution is 6.30. The molecule has 0 spiro atoms. The summed E-state index contributed by atoms with van der Waals surface area (Å²) < 4.78 is 2.17. The van der Waals surface area contributed by atoms with Crippen molar-refractivity contribution in [2.75, 3.05) is 5.32 Å². The van der Waals surface area contributed by atoms with Crippen molar-refractivity contribution in [1.82, 2.24) is 9.55 Å². The number of hydrogen-bond donors (Lipinski definition) is 1. The van der Waals surface area contributed by atoms with Crippen molar-refractivity contribution in [2.24, 2.45) is 0 Å². The van der Waals surface area contributed by atoms with Gasteiger partial charge in [-0.3, -0.25) is 0 Å². The molecule has 0 bridgehead atoms. The van der Waals surface area contributed by atoms with Gasteiger partial charge in [0.1, 0.15) is 0 Å². The Morgan fingerprint density at radius 3 is 2.60 bits per heavy atom. The largest absolute Gasteiger partial charge is 0.326 e. The van der Waals surface area contributed by atoms with Crippen LogP contribution in [0.4, 0.5) is 11.6 Å². The van der Waals surface area contributed by atoms with Gasteiger partial charge in [-0.25, -0.2) is 4.98 Å². The van der Waals surface area contributed by atoms with E-state index in [9.17, 15) is 0 Å². The Morgan fingerprint density at radius 2 is 1.90 bits per heavy atom. The molecule has 0 aliphatic rings. The number of hydrogen-bond acceptors (Lipinski definition) is 2. The van der Waals surface area contributed by atoms with E-state index in [-0.39, 0.29) is 0 Å². The molecule has 2 aromatic carbocycles. The number of nitrogens with one attached hydrogen (secondary N) is 1. The van der Waals surface area contributed by atoms with Crippen LogP contribution in [0.1, 0.15) is 12.5 Å². The van der Waals surface area contributed by atoms with Crippen LogP contribution in [0.15, 0.2) is 42.5 Å². The number of anilines is 2. The molecule has 1 N–H and O–H groups in total. The van der Waals surface area contributed by atoms with Gasteiger partial charge in [0.15, 0.2) is 0 Å². The highest BCUT2D eigenvalue weighted by atomic mass is 35.5. The first-order valence-corrected chi connectivity index (χ1v) is 7.04. The Morgan fingerprint density at radius 1 is 1.15 bits per heavy atom. The lowest BCUT2D eigenvalue weighted by molar-refractivity contribution is 0.797. The van der Waals surface area contributed by atoms with Gasteiger partial charge in [0.25, 0.3) is 0 Å². The van der Waals surface area contributed by atoms with Crippen LogP contribution in [0.3, 0.4) is 0 Å². The molecule has 20 heavy (non-hydrogen) atoms. The van der Waals surface area contributed by atoms with E-state index in [1.807, 2.05) is 24.3 Å². The molecular formula is C16H16ClN3. The van der Waals surface area contributed by atoms with Crippen LogP contribution in [-0.2, 0) is 6.54 Å². The molecule has 0 atom stereocenters. The van der Waals surface area contributed by atoms with Crippen LogP contribution < -0.4 is 5.32 Å². The molecule has 102 valence electrons. The Hall–Kier alpha value is -2.00. The van der Waals surface area contributed by atoms with Crippen LogP contribution in [0.2, 0.25) is 5.02 Å². The molecule has 0 amide bonds. The van der Waals surface area contributed by atoms with Crippen LogP contribution in [0.25, 0.3) is 11.0 Å². The van der Waals surface area contributed by atoms with Gasteiger partial charge >= 0.3 is 0 Å². The van der Waals surface area contributed by atoms with Crippen molar-refractivity contribution < 1.29 is 0 Å². The summed E-state index contributed by atoms with van der Waals surface area (Å²) in [6.45, 7) is 5.07. The SMILES string of the molecule is CCn1c(Nc2ccc(Cl)cc2)nc2cc(C)ccc21. The quantitative estimate of drug-likeness (QED) is 0.752. The van der Waals surface area contributed by atoms with Crippen molar-refractivity contribution in [2.45, 2.75) is 20.4 Å². The van der Waals surface area contributed by atoms with E-state index in [4.69, 9.17) is 11.6 Å². The number of imidazole rings is 1. The van der Waals surface area contributed by atoms with Crippen molar-refractivity contribution >= 4 is 34.3 Å². The van der Waals surface area contributed by atoms with Gasteiger partial charge in [-0.05, 0) is 55.8 Å². The molecule has 3 aromatic rings. The van der Waals surface area contributed by atoms with Gasteiger partial charge in [-0.2, -0.15) is 0 Å². The topological polar surface area (TPSA) is 29.9 Å². The molecule has 0 radical (unpaired) electrons. The van der Waals surface area contributed by atoms with E-state index in [1.54, 1.807) is 0 Å². The average Bonchev–Trinajstić information content (AvgIpc) is 2.77. The summed E-state index contributed by atoms with van der Waals surface area (Å²) >= 11 is 5.91. The molecule has 1 aromatic heterocycles. The second-order valence-corrected chi connectivity index (χ2v) is 5.24. The summed E-state index contributed by atoms with van der Waals surface area (Å²) in [5.74, 6) is 0.857. The summed E-state index contributed by atoms with van der Waals surface area (Å²) in [5, 5.41) is 4.08. The molecule has 0 aliphatic heterocycles. The van der Waals surface area contributed by atoms with Gasteiger partial charge in [0.2, 0.25) is 5.95 Å². The highest BCUT2D eigenvalue weighted by Crippen LogP contribution is 2.24. The number of benzene rings is 2. The van der Waals surface area contributed by atoms with Crippen LogP contribution in [-0.4, -0.2) is 9.55 Å². The summed E-state index contributed by atoms with van der Waals surface area (Å²) in [6, 6.07) is 14.0. The first-order valence-electron chi connectivity index (χ1n) is 6.67. The molecule has 3 rings (SSSR count). The van der Waals surface area contributed by atoms with Crippen LogP contribution in [0.5, 0.6) is 0 Å². The lowest BCUT2D eigenvalue weighted by Gasteiger charge is -2.08. The molecule has 4 heteroatoms. The fourth-order valence-corrected chi connectivity index (χ4v) is 2.44. The minimum atomic E-state index is 0.732. The van der Waals surface area contributed by atoms with Crippen LogP contribution >= 0.6 is 11.6 Å². The Kier molecular flexibility index (Phi) is 3.36. The molecule has 0 fully saturated rings. The van der Waals surface area contributed by atoms with Gasteiger partial charge in [0.05, 0.1) is 11.0 Å². The first-order chi connectivity index (χ1) is 9.67. The Balaban J connectivity index is 2.04. The Bertz CT molecular complexity index is 744. The number of aromatic nitrogens is 2. The lowest BCUT2D eigenvalue weighted by Crippen LogP contribution is -2.01. The predicted octanol–water partition coefficient (Wildman–Crippen LogP) is 4.76. The smallest absolute Gasteiger partial charge is 0.208 e. The fraction of sp³-hybridized carbons (Fsp3) is 0.188. The molecule has 3 nitrogen and oxygen atoms in total. The molecule has 0 saturated carbocycles.